The monoisotopic (exact) mass is 237 g/mol. The number of aromatic nitrogens is 5. The Morgan fingerprint density at radius 1 is 1.47 bits per heavy atom. The summed E-state index contributed by atoms with van der Waals surface area (Å²) in [6.45, 7) is 0. The number of aryl methyl sites for hydroxylation is 1. The van der Waals surface area contributed by atoms with Crippen LogP contribution in [-0.4, -0.2) is 36.4 Å². The van der Waals surface area contributed by atoms with Crippen molar-refractivity contribution >= 4 is 5.97 Å². The van der Waals surface area contributed by atoms with Gasteiger partial charge >= 0.3 is 5.97 Å². The zero-order valence-electron chi connectivity index (χ0n) is 8.96. The van der Waals surface area contributed by atoms with Crippen molar-refractivity contribution in [1.82, 2.24) is 25.3 Å². The largest absolute Gasteiger partial charge is 0.481 e. The molecule has 8 heteroatoms. The number of hydrogen-bond donors (Lipinski definition) is 2. The third kappa shape index (κ3) is 3.10. The molecule has 2 N–H and O–H groups in total. The average Bonchev–Trinajstić information content (AvgIpc) is 2.94. The van der Waals surface area contributed by atoms with E-state index in [1.165, 1.54) is 6.33 Å². The van der Waals surface area contributed by atoms with Gasteiger partial charge in [-0.2, -0.15) is 10.1 Å². The van der Waals surface area contributed by atoms with Crippen molar-refractivity contribution in [2.24, 2.45) is 0 Å². The molecule has 0 saturated heterocycles. The van der Waals surface area contributed by atoms with Gasteiger partial charge in [0.1, 0.15) is 6.33 Å². The molecule has 8 nitrogen and oxygen atoms in total. The lowest BCUT2D eigenvalue weighted by Crippen LogP contribution is -1.95. The molecule has 90 valence electrons. The number of H-pyrrole nitrogens is 1. The zero-order valence-corrected chi connectivity index (χ0v) is 8.96. The Bertz CT molecular complexity index is 479. The first kappa shape index (κ1) is 11.2. The summed E-state index contributed by atoms with van der Waals surface area (Å²) in [7, 11) is 0. The molecule has 0 aliphatic heterocycles. The SMILES string of the molecule is O=C(O)CCCCc1nc(-c2ncn[nH]2)no1. The first-order valence-electron chi connectivity index (χ1n) is 5.16. The van der Waals surface area contributed by atoms with Crippen LogP contribution in [0.25, 0.3) is 11.6 Å². The minimum atomic E-state index is -0.794. The molecule has 0 bridgehead atoms. The van der Waals surface area contributed by atoms with Crippen LogP contribution in [0.4, 0.5) is 0 Å². The van der Waals surface area contributed by atoms with Crippen molar-refractivity contribution < 1.29 is 14.4 Å². The Hall–Kier alpha value is -2.25. The molecule has 2 rings (SSSR count). The molecule has 0 spiro atoms. The van der Waals surface area contributed by atoms with Gasteiger partial charge in [-0.05, 0) is 12.8 Å². The van der Waals surface area contributed by atoms with Gasteiger partial charge < -0.3 is 9.63 Å². The van der Waals surface area contributed by atoms with Gasteiger partial charge in [0.25, 0.3) is 0 Å². The quantitative estimate of drug-likeness (QED) is 0.708. The van der Waals surface area contributed by atoms with Gasteiger partial charge in [0.05, 0.1) is 0 Å². The summed E-state index contributed by atoms with van der Waals surface area (Å²) in [6, 6.07) is 0. The van der Waals surface area contributed by atoms with Crippen LogP contribution in [-0.2, 0) is 11.2 Å². The highest BCUT2D eigenvalue weighted by Crippen LogP contribution is 2.11. The molecule has 0 aliphatic carbocycles. The van der Waals surface area contributed by atoms with Crippen LogP contribution in [0.5, 0.6) is 0 Å². The van der Waals surface area contributed by atoms with Crippen LogP contribution < -0.4 is 0 Å². The fourth-order valence-electron chi connectivity index (χ4n) is 1.32. The maximum atomic E-state index is 10.3. The average molecular weight is 237 g/mol. The predicted octanol–water partition coefficient (Wildman–Crippen LogP) is 0.652. The molecule has 0 unspecified atom stereocenters. The molecular formula is C9H11N5O3. The number of hydrogen-bond acceptors (Lipinski definition) is 6. The Balaban J connectivity index is 1.84. The maximum absolute atomic E-state index is 10.3. The molecule has 0 saturated carbocycles. The highest BCUT2D eigenvalue weighted by molar-refractivity contribution is 5.66. The summed E-state index contributed by atoms with van der Waals surface area (Å²) in [6.07, 6.45) is 3.37. The lowest BCUT2D eigenvalue weighted by atomic mass is 10.2. The fourth-order valence-corrected chi connectivity index (χ4v) is 1.32. The van der Waals surface area contributed by atoms with E-state index in [1.54, 1.807) is 0 Å². The third-order valence-electron chi connectivity index (χ3n) is 2.13. The number of rotatable bonds is 6. The van der Waals surface area contributed by atoms with Crippen LogP contribution in [0.15, 0.2) is 10.9 Å². The van der Waals surface area contributed by atoms with E-state index in [0.717, 1.165) is 0 Å². The molecule has 0 aliphatic rings. The van der Waals surface area contributed by atoms with Crippen molar-refractivity contribution in [2.75, 3.05) is 0 Å². The zero-order chi connectivity index (χ0) is 12.1. The lowest BCUT2D eigenvalue weighted by Gasteiger charge is -1.92. The molecule has 0 amide bonds. The van der Waals surface area contributed by atoms with E-state index in [9.17, 15) is 4.79 Å². The molecule has 2 aromatic heterocycles. The van der Waals surface area contributed by atoms with E-state index in [-0.39, 0.29) is 6.42 Å². The van der Waals surface area contributed by atoms with Crippen molar-refractivity contribution in [3.8, 4) is 11.6 Å². The normalized spacial score (nSPS) is 10.6. The Morgan fingerprint density at radius 3 is 3.06 bits per heavy atom. The molecule has 0 radical (unpaired) electrons. The molecule has 0 aromatic carbocycles. The maximum Gasteiger partial charge on any atom is 0.303 e. The van der Waals surface area contributed by atoms with Crippen LogP contribution >= 0.6 is 0 Å². The molecule has 2 heterocycles. The van der Waals surface area contributed by atoms with E-state index in [0.29, 0.717) is 36.8 Å². The molecule has 17 heavy (non-hydrogen) atoms. The predicted molar refractivity (Wildman–Crippen MR) is 54.9 cm³/mol. The summed E-state index contributed by atoms with van der Waals surface area (Å²) in [4.78, 5) is 18.3. The Morgan fingerprint density at radius 2 is 2.35 bits per heavy atom. The second-order valence-electron chi connectivity index (χ2n) is 3.45. The lowest BCUT2D eigenvalue weighted by molar-refractivity contribution is -0.137. The third-order valence-corrected chi connectivity index (χ3v) is 2.13. The number of nitrogens with one attached hydrogen (secondary N) is 1. The van der Waals surface area contributed by atoms with E-state index in [1.807, 2.05) is 0 Å². The molecule has 2 aromatic rings. The minimum Gasteiger partial charge on any atom is -0.481 e. The number of carboxylic acids is 1. The van der Waals surface area contributed by atoms with Crippen molar-refractivity contribution in [1.29, 1.82) is 0 Å². The smallest absolute Gasteiger partial charge is 0.303 e. The first-order chi connectivity index (χ1) is 8.25. The van der Waals surface area contributed by atoms with Crippen molar-refractivity contribution in [2.45, 2.75) is 25.7 Å². The van der Waals surface area contributed by atoms with E-state index in [4.69, 9.17) is 9.63 Å². The van der Waals surface area contributed by atoms with Crippen molar-refractivity contribution in [3.05, 3.63) is 12.2 Å². The minimum absolute atomic E-state index is 0.156. The molecular weight excluding hydrogens is 226 g/mol. The van der Waals surface area contributed by atoms with Gasteiger partial charge in [0.2, 0.25) is 11.7 Å². The highest BCUT2D eigenvalue weighted by atomic mass is 16.5. The first-order valence-corrected chi connectivity index (χ1v) is 5.16. The number of unbranched alkanes of at least 4 members (excludes halogenated alkanes) is 1. The summed E-state index contributed by atoms with van der Waals surface area (Å²) in [5, 5.41) is 18.5. The summed E-state index contributed by atoms with van der Waals surface area (Å²) < 4.78 is 5.00. The number of carbonyl (C=O) groups is 1. The summed E-state index contributed by atoms with van der Waals surface area (Å²) in [5.74, 6) is 0.487. The van der Waals surface area contributed by atoms with Crippen LogP contribution in [0.2, 0.25) is 0 Å². The van der Waals surface area contributed by atoms with E-state index < -0.39 is 5.97 Å². The highest BCUT2D eigenvalue weighted by Gasteiger charge is 2.10. The van der Waals surface area contributed by atoms with Crippen LogP contribution in [0, 0.1) is 0 Å². The van der Waals surface area contributed by atoms with Gasteiger partial charge in [-0.15, -0.1) is 0 Å². The van der Waals surface area contributed by atoms with Gasteiger partial charge in [-0.25, -0.2) is 4.98 Å². The number of carboxylic acid groups (broad SMARTS) is 1. The topological polar surface area (TPSA) is 118 Å². The van der Waals surface area contributed by atoms with Gasteiger partial charge in [-0.3, -0.25) is 9.89 Å². The standard InChI is InChI=1S/C9H11N5O3/c15-7(16)4-2-1-3-6-12-9(14-17-6)8-10-5-11-13-8/h5H,1-4H2,(H,15,16)(H,10,11,13). The van der Waals surface area contributed by atoms with Gasteiger partial charge in [-0.1, -0.05) is 5.16 Å². The molecule has 0 atom stereocenters. The van der Waals surface area contributed by atoms with Crippen LogP contribution in [0.3, 0.4) is 0 Å². The molecule has 0 fully saturated rings. The number of aliphatic carboxylic acids is 1. The second kappa shape index (κ2) is 5.19. The number of nitrogens with zero attached hydrogens (tertiary/aromatic N) is 4. The Labute approximate surface area is 96.1 Å². The van der Waals surface area contributed by atoms with E-state index >= 15 is 0 Å². The van der Waals surface area contributed by atoms with Crippen molar-refractivity contribution in [3.63, 3.8) is 0 Å². The Kier molecular flexibility index (Phi) is 3.43. The number of aromatic amines is 1. The summed E-state index contributed by atoms with van der Waals surface area (Å²) in [5.41, 5.74) is 0. The summed E-state index contributed by atoms with van der Waals surface area (Å²) >= 11 is 0. The fraction of sp³-hybridized carbons (Fsp3) is 0.444. The van der Waals surface area contributed by atoms with Gasteiger partial charge in [0.15, 0.2) is 5.82 Å². The van der Waals surface area contributed by atoms with Crippen LogP contribution in [0.1, 0.15) is 25.2 Å². The second-order valence-corrected chi connectivity index (χ2v) is 3.45. The van der Waals surface area contributed by atoms with E-state index in [2.05, 4.69) is 25.3 Å². The van der Waals surface area contributed by atoms with Gasteiger partial charge in [0, 0.05) is 12.8 Å².